The predicted octanol–water partition coefficient (Wildman–Crippen LogP) is 4.74. The third kappa shape index (κ3) is 3.67. The molecule has 3 rings (SSSR count). The molecule has 2 aromatic carbocycles. The summed E-state index contributed by atoms with van der Waals surface area (Å²) in [7, 11) is 1.26. The van der Waals surface area contributed by atoms with Crippen LogP contribution in [0.3, 0.4) is 0 Å². The van der Waals surface area contributed by atoms with Crippen LogP contribution in [0.2, 0.25) is 0 Å². The minimum absolute atomic E-state index is 0.196. The molecule has 0 unspecified atom stereocenters. The van der Waals surface area contributed by atoms with Crippen LogP contribution in [0.4, 0.5) is 9.18 Å². The molecule has 0 radical (unpaired) electrons. The van der Waals surface area contributed by atoms with Gasteiger partial charge in [-0.1, -0.05) is 18.2 Å². The van der Waals surface area contributed by atoms with Crippen LogP contribution in [0, 0.1) is 12.7 Å². The van der Waals surface area contributed by atoms with Crippen LogP contribution >= 0.6 is 0 Å². The average Bonchev–Trinajstić information content (AvgIpc) is 3.41. The number of halogens is 1. The Bertz CT molecular complexity index is 753. The minimum Gasteiger partial charge on any atom is -0.489 e. The molecule has 0 amide bonds. The van der Waals surface area contributed by atoms with Gasteiger partial charge in [0.2, 0.25) is 0 Å². The van der Waals surface area contributed by atoms with Crippen LogP contribution in [0.5, 0.6) is 11.5 Å². The van der Waals surface area contributed by atoms with Crippen LogP contribution < -0.4 is 9.47 Å². The van der Waals surface area contributed by atoms with Crippen molar-refractivity contribution in [2.45, 2.75) is 32.3 Å². The summed E-state index contributed by atoms with van der Waals surface area (Å²) >= 11 is 0. The number of ether oxygens (including phenoxy) is 3. The number of methoxy groups -OCH3 is 1. The van der Waals surface area contributed by atoms with E-state index in [9.17, 15) is 9.18 Å². The Hall–Kier alpha value is -2.56. The smallest absolute Gasteiger partial charge is 0.489 e. The first-order valence-corrected chi connectivity index (χ1v) is 7.85. The molecule has 0 aromatic heterocycles. The zero-order chi connectivity index (χ0) is 17.1. The largest absolute Gasteiger partial charge is 0.513 e. The fourth-order valence-corrected chi connectivity index (χ4v) is 2.56. The topological polar surface area (TPSA) is 44.8 Å². The number of hydrogen-bond acceptors (Lipinski definition) is 4. The SMILES string of the molecule is COC(=O)Oc1cccc(C2CC2)c1COc1ccc(C)c(F)c1. The van der Waals surface area contributed by atoms with Crippen molar-refractivity contribution < 1.29 is 23.4 Å². The Labute approximate surface area is 140 Å². The molecular weight excluding hydrogens is 311 g/mol. The Balaban J connectivity index is 1.84. The van der Waals surface area contributed by atoms with Gasteiger partial charge in [0.25, 0.3) is 0 Å². The van der Waals surface area contributed by atoms with E-state index in [0.717, 1.165) is 24.0 Å². The summed E-state index contributed by atoms with van der Waals surface area (Å²) in [6, 6.07) is 10.3. The zero-order valence-electron chi connectivity index (χ0n) is 13.7. The van der Waals surface area contributed by atoms with Gasteiger partial charge >= 0.3 is 6.16 Å². The van der Waals surface area contributed by atoms with Gasteiger partial charge in [-0.15, -0.1) is 0 Å². The highest BCUT2D eigenvalue weighted by molar-refractivity contribution is 5.64. The number of carbonyl (C=O) groups excluding carboxylic acids is 1. The fourth-order valence-electron chi connectivity index (χ4n) is 2.56. The third-order valence-corrected chi connectivity index (χ3v) is 4.07. The summed E-state index contributed by atoms with van der Waals surface area (Å²) in [5, 5.41) is 0. The van der Waals surface area contributed by atoms with E-state index in [1.807, 2.05) is 12.1 Å². The molecule has 0 bridgehead atoms. The summed E-state index contributed by atoms with van der Waals surface area (Å²) in [6.07, 6.45) is 1.44. The van der Waals surface area contributed by atoms with Crippen molar-refractivity contribution in [3.05, 3.63) is 58.9 Å². The highest BCUT2D eigenvalue weighted by Crippen LogP contribution is 2.44. The lowest BCUT2D eigenvalue weighted by atomic mass is 10.0. The van der Waals surface area contributed by atoms with E-state index in [4.69, 9.17) is 9.47 Å². The van der Waals surface area contributed by atoms with Gasteiger partial charge in [-0.05, 0) is 48.9 Å². The van der Waals surface area contributed by atoms with E-state index < -0.39 is 6.16 Å². The van der Waals surface area contributed by atoms with E-state index in [1.165, 1.54) is 13.2 Å². The summed E-state index contributed by atoms with van der Waals surface area (Å²) in [4.78, 5) is 11.5. The molecule has 2 aromatic rings. The standard InChI is InChI=1S/C19H19FO4/c1-12-6-9-14(10-17(12)20)23-11-16-15(13-7-8-13)4-3-5-18(16)24-19(21)22-2/h3-6,9-10,13H,7-8,11H2,1-2H3. The van der Waals surface area contributed by atoms with Crippen molar-refractivity contribution in [3.63, 3.8) is 0 Å². The van der Waals surface area contributed by atoms with Gasteiger partial charge in [-0.2, -0.15) is 0 Å². The Morgan fingerprint density at radius 2 is 2.04 bits per heavy atom. The third-order valence-electron chi connectivity index (χ3n) is 4.07. The van der Waals surface area contributed by atoms with Crippen LogP contribution in [0.1, 0.15) is 35.4 Å². The molecule has 5 heteroatoms. The van der Waals surface area contributed by atoms with E-state index in [1.54, 1.807) is 25.1 Å². The number of hydrogen-bond donors (Lipinski definition) is 0. The molecule has 0 spiro atoms. The van der Waals surface area contributed by atoms with Crippen molar-refractivity contribution in [1.29, 1.82) is 0 Å². The summed E-state index contributed by atoms with van der Waals surface area (Å²) in [5.74, 6) is 1.00. The van der Waals surface area contributed by atoms with Crippen LogP contribution in [0.25, 0.3) is 0 Å². The van der Waals surface area contributed by atoms with Gasteiger partial charge in [0.1, 0.15) is 23.9 Å². The second kappa shape index (κ2) is 6.91. The van der Waals surface area contributed by atoms with Gasteiger partial charge in [-0.3, -0.25) is 0 Å². The lowest BCUT2D eigenvalue weighted by molar-refractivity contribution is 0.120. The Morgan fingerprint density at radius 1 is 1.25 bits per heavy atom. The average molecular weight is 330 g/mol. The molecule has 4 nitrogen and oxygen atoms in total. The molecule has 1 aliphatic rings. The highest BCUT2D eigenvalue weighted by Gasteiger charge is 2.28. The predicted molar refractivity (Wildman–Crippen MR) is 86.9 cm³/mol. The monoisotopic (exact) mass is 330 g/mol. The molecule has 0 saturated heterocycles. The Kier molecular flexibility index (Phi) is 4.69. The van der Waals surface area contributed by atoms with Gasteiger partial charge in [-0.25, -0.2) is 9.18 Å². The fraction of sp³-hybridized carbons (Fsp3) is 0.316. The maximum Gasteiger partial charge on any atom is 0.513 e. The van der Waals surface area contributed by atoms with Crippen LogP contribution in [-0.2, 0) is 11.3 Å². The van der Waals surface area contributed by atoms with Crippen molar-refractivity contribution in [2.75, 3.05) is 7.11 Å². The first kappa shape index (κ1) is 16.3. The molecule has 1 aliphatic carbocycles. The molecule has 0 N–H and O–H groups in total. The molecule has 24 heavy (non-hydrogen) atoms. The molecule has 1 fully saturated rings. The van der Waals surface area contributed by atoms with E-state index in [2.05, 4.69) is 4.74 Å². The number of carbonyl (C=O) groups is 1. The summed E-state index contributed by atoms with van der Waals surface area (Å²) in [6.45, 7) is 1.89. The molecule has 0 atom stereocenters. The van der Waals surface area contributed by atoms with Crippen molar-refractivity contribution in [2.24, 2.45) is 0 Å². The van der Waals surface area contributed by atoms with E-state index in [0.29, 0.717) is 23.0 Å². The molecule has 0 heterocycles. The second-order valence-corrected chi connectivity index (χ2v) is 5.85. The number of benzene rings is 2. The molecule has 1 saturated carbocycles. The Morgan fingerprint density at radius 3 is 2.71 bits per heavy atom. The van der Waals surface area contributed by atoms with Crippen LogP contribution in [0.15, 0.2) is 36.4 Å². The lowest BCUT2D eigenvalue weighted by Crippen LogP contribution is -2.11. The van der Waals surface area contributed by atoms with Crippen molar-refractivity contribution in [3.8, 4) is 11.5 Å². The molecular formula is C19H19FO4. The van der Waals surface area contributed by atoms with Gasteiger partial charge in [0.05, 0.1) is 7.11 Å². The lowest BCUT2D eigenvalue weighted by Gasteiger charge is -2.15. The van der Waals surface area contributed by atoms with Gasteiger partial charge < -0.3 is 14.2 Å². The minimum atomic E-state index is -0.773. The maximum atomic E-state index is 13.7. The quantitative estimate of drug-likeness (QED) is 0.587. The maximum absolute atomic E-state index is 13.7. The number of rotatable bonds is 5. The normalized spacial score (nSPS) is 13.5. The summed E-state index contributed by atoms with van der Waals surface area (Å²) < 4.78 is 29.2. The molecule has 126 valence electrons. The van der Waals surface area contributed by atoms with E-state index >= 15 is 0 Å². The zero-order valence-corrected chi connectivity index (χ0v) is 13.7. The second-order valence-electron chi connectivity index (χ2n) is 5.85. The van der Waals surface area contributed by atoms with Gasteiger partial charge in [0.15, 0.2) is 0 Å². The first-order valence-electron chi connectivity index (χ1n) is 7.85. The summed E-state index contributed by atoms with van der Waals surface area (Å²) in [5.41, 5.74) is 2.46. The van der Waals surface area contributed by atoms with Crippen molar-refractivity contribution >= 4 is 6.16 Å². The van der Waals surface area contributed by atoms with E-state index in [-0.39, 0.29) is 12.4 Å². The first-order chi connectivity index (χ1) is 11.6. The van der Waals surface area contributed by atoms with Crippen LogP contribution in [-0.4, -0.2) is 13.3 Å². The highest BCUT2D eigenvalue weighted by atomic mass is 19.1. The number of aryl methyl sites for hydroxylation is 1. The van der Waals surface area contributed by atoms with Gasteiger partial charge in [0, 0.05) is 11.6 Å². The molecule has 0 aliphatic heterocycles. The van der Waals surface area contributed by atoms with Crippen molar-refractivity contribution in [1.82, 2.24) is 0 Å².